The highest BCUT2D eigenvalue weighted by Crippen LogP contribution is 2.49. The van der Waals surface area contributed by atoms with Crippen molar-refractivity contribution in [3.63, 3.8) is 0 Å². The highest BCUT2D eigenvalue weighted by molar-refractivity contribution is 5.97. The van der Waals surface area contributed by atoms with Gasteiger partial charge in [-0.3, -0.25) is 4.79 Å². The number of carboxylic acids is 1. The minimum Gasteiger partial charge on any atom is -0.478 e. The van der Waals surface area contributed by atoms with Crippen molar-refractivity contribution in [3.8, 4) is 0 Å². The smallest absolute Gasteiger partial charge is 0.335 e. The quantitative estimate of drug-likeness (QED) is 0.894. The first kappa shape index (κ1) is 14.1. The molecule has 2 fully saturated rings. The van der Waals surface area contributed by atoms with Gasteiger partial charge in [0.05, 0.1) is 5.56 Å². The highest BCUT2D eigenvalue weighted by atomic mass is 16.4. The standard InChI is InChI=1S/C17H21NO3/c1-10(15-8-11-5-6-12(15)7-11)18-16(19)13-3-2-4-14(9-13)17(20)21/h2-4,9-12,15H,5-8H2,1H3,(H,18,19)(H,20,21). The third kappa shape index (κ3) is 2.80. The van der Waals surface area contributed by atoms with Crippen LogP contribution in [0.2, 0.25) is 0 Å². The summed E-state index contributed by atoms with van der Waals surface area (Å²) in [6, 6.07) is 6.36. The fourth-order valence-corrected chi connectivity index (χ4v) is 4.10. The zero-order valence-corrected chi connectivity index (χ0v) is 12.2. The van der Waals surface area contributed by atoms with E-state index in [4.69, 9.17) is 5.11 Å². The number of hydrogen-bond donors (Lipinski definition) is 2. The zero-order chi connectivity index (χ0) is 15.0. The summed E-state index contributed by atoms with van der Waals surface area (Å²) < 4.78 is 0. The van der Waals surface area contributed by atoms with Gasteiger partial charge in [0.15, 0.2) is 0 Å². The summed E-state index contributed by atoms with van der Waals surface area (Å²) in [5.41, 5.74) is 0.570. The molecule has 2 saturated carbocycles. The lowest BCUT2D eigenvalue weighted by atomic mass is 9.84. The molecule has 0 saturated heterocycles. The van der Waals surface area contributed by atoms with E-state index >= 15 is 0 Å². The van der Waals surface area contributed by atoms with Crippen LogP contribution in [0.15, 0.2) is 24.3 Å². The van der Waals surface area contributed by atoms with E-state index in [-0.39, 0.29) is 17.5 Å². The van der Waals surface area contributed by atoms with Gasteiger partial charge in [0.25, 0.3) is 5.91 Å². The topological polar surface area (TPSA) is 66.4 Å². The van der Waals surface area contributed by atoms with Crippen molar-refractivity contribution in [3.05, 3.63) is 35.4 Å². The fraction of sp³-hybridized carbons (Fsp3) is 0.529. The number of nitrogens with one attached hydrogen (secondary N) is 1. The lowest BCUT2D eigenvalue weighted by molar-refractivity contribution is 0.0697. The van der Waals surface area contributed by atoms with Crippen molar-refractivity contribution in [2.24, 2.45) is 17.8 Å². The highest BCUT2D eigenvalue weighted by Gasteiger charge is 2.42. The summed E-state index contributed by atoms with van der Waals surface area (Å²) >= 11 is 0. The Kier molecular flexibility index (Phi) is 3.70. The summed E-state index contributed by atoms with van der Waals surface area (Å²) in [4.78, 5) is 23.3. The molecule has 2 N–H and O–H groups in total. The van der Waals surface area contributed by atoms with Crippen LogP contribution in [-0.4, -0.2) is 23.0 Å². The van der Waals surface area contributed by atoms with E-state index in [0.717, 1.165) is 11.8 Å². The van der Waals surface area contributed by atoms with Gasteiger partial charge in [-0.05, 0) is 62.1 Å². The molecule has 1 aromatic carbocycles. The average molecular weight is 287 g/mol. The third-order valence-corrected chi connectivity index (χ3v) is 5.17. The van der Waals surface area contributed by atoms with Crippen molar-refractivity contribution in [1.82, 2.24) is 5.32 Å². The lowest BCUT2D eigenvalue weighted by Crippen LogP contribution is -2.40. The molecule has 2 aliphatic rings. The maximum Gasteiger partial charge on any atom is 0.335 e. The van der Waals surface area contributed by atoms with E-state index in [1.54, 1.807) is 12.1 Å². The van der Waals surface area contributed by atoms with Crippen LogP contribution in [0, 0.1) is 17.8 Å². The first-order valence-electron chi connectivity index (χ1n) is 7.69. The van der Waals surface area contributed by atoms with Crippen molar-refractivity contribution in [2.45, 2.75) is 38.6 Å². The summed E-state index contributed by atoms with van der Waals surface area (Å²) in [5, 5.41) is 12.0. The fourth-order valence-electron chi connectivity index (χ4n) is 4.10. The van der Waals surface area contributed by atoms with Gasteiger partial charge < -0.3 is 10.4 Å². The molecule has 21 heavy (non-hydrogen) atoms. The SMILES string of the molecule is CC(NC(=O)c1cccc(C(=O)O)c1)C1CC2CCC1C2. The summed E-state index contributed by atoms with van der Waals surface area (Å²) in [6.45, 7) is 2.07. The molecular formula is C17H21NO3. The number of rotatable bonds is 4. The molecule has 2 bridgehead atoms. The normalized spacial score (nSPS) is 28.3. The van der Waals surface area contributed by atoms with Crippen LogP contribution >= 0.6 is 0 Å². The predicted octanol–water partition coefficient (Wildman–Crippen LogP) is 2.94. The van der Waals surface area contributed by atoms with Crippen LogP contribution in [0.4, 0.5) is 0 Å². The predicted molar refractivity (Wildman–Crippen MR) is 79.3 cm³/mol. The largest absolute Gasteiger partial charge is 0.478 e. The van der Waals surface area contributed by atoms with Crippen LogP contribution in [-0.2, 0) is 0 Å². The van der Waals surface area contributed by atoms with Gasteiger partial charge in [-0.15, -0.1) is 0 Å². The van der Waals surface area contributed by atoms with Crippen molar-refractivity contribution >= 4 is 11.9 Å². The molecule has 0 aromatic heterocycles. The molecule has 1 aromatic rings. The summed E-state index contributed by atoms with van der Waals surface area (Å²) in [6.07, 6.45) is 5.19. The molecule has 0 radical (unpaired) electrons. The number of carboxylic acid groups (broad SMARTS) is 1. The Morgan fingerprint density at radius 2 is 2.00 bits per heavy atom. The van der Waals surface area contributed by atoms with Crippen molar-refractivity contribution < 1.29 is 14.7 Å². The zero-order valence-electron chi connectivity index (χ0n) is 12.2. The van der Waals surface area contributed by atoms with Gasteiger partial charge in [-0.25, -0.2) is 4.79 Å². The lowest BCUT2D eigenvalue weighted by Gasteiger charge is -2.28. The Morgan fingerprint density at radius 3 is 2.62 bits per heavy atom. The average Bonchev–Trinajstić information content (AvgIpc) is 3.10. The monoisotopic (exact) mass is 287 g/mol. The Balaban J connectivity index is 1.66. The number of hydrogen-bond acceptors (Lipinski definition) is 2. The first-order chi connectivity index (χ1) is 10.0. The van der Waals surface area contributed by atoms with Gasteiger partial charge in [-0.1, -0.05) is 12.5 Å². The number of aromatic carboxylic acids is 1. The number of carbonyl (C=O) groups excluding carboxylic acids is 1. The summed E-state index contributed by atoms with van der Waals surface area (Å²) in [7, 11) is 0. The van der Waals surface area contributed by atoms with Gasteiger partial charge in [0, 0.05) is 11.6 Å². The Bertz CT molecular complexity index is 569. The molecule has 3 rings (SSSR count). The van der Waals surface area contributed by atoms with Crippen LogP contribution in [0.3, 0.4) is 0 Å². The second-order valence-electron chi connectivity index (χ2n) is 6.49. The van der Waals surface area contributed by atoms with E-state index in [2.05, 4.69) is 12.2 Å². The van der Waals surface area contributed by atoms with Crippen LogP contribution < -0.4 is 5.32 Å². The van der Waals surface area contributed by atoms with Gasteiger partial charge in [0.2, 0.25) is 0 Å². The molecule has 4 nitrogen and oxygen atoms in total. The van der Waals surface area contributed by atoms with Gasteiger partial charge in [0.1, 0.15) is 0 Å². The van der Waals surface area contributed by atoms with Crippen LogP contribution in [0.25, 0.3) is 0 Å². The maximum atomic E-state index is 12.3. The number of fused-ring (bicyclic) bond motifs is 2. The van der Waals surface area contributed by atoms with Gasteiger partial charge in [-0.2, -0.15) is 0 Å². The number of benzene rings is 1. The van der Waals surface area contributed by atoms with E-state index in [0.29, 0.717) is 11.5 Å². The Morgan fingerprint density at radius 1 is 1.24 bits per heavy atom. The van der Waals surface area contributed by atoms with Crippen molar-refractivity contribution in [2.75, 3.05) is 0 Å². The third-order valence-electron chi connectivity index (χ3n) is 5.17. The Labute approximate surface area is 124 Å². The van der Waals surface area contributed by atoms with E-state index in [1.807, 2.05) is 0 Å². The summed E-state index contributed by atoms with van der Waals surface area (Å²) in [5.74, 6) is 1.01. The molecular weight excluding hydrogens is 266 g/mol. The molecule has 1 amide bonds. The van der Waals surface area contributed by atoms with Crippen LogP contribution in [0.1, 0.15) is 53.3 Å². The Hall–Kier alpha value is -1.84. The number of amides is 1. The first-order valence-corrected chi connectivity index (χ1v) is 7.69. The minimum atomic E-state index is -1.01. The van der Waals surface area contributed by atoms with Crippen molar-refractivity contribution in [1.29, 1.82) is 0 Å². The van der Waals surface area contributed by atoms with E-state index in [9.17, 15) is 9.59 Å². The molecule has 4 atom stereocenters. The van der Waals surface area contributed by atoms with Crippen LogP contribution in [0.5, 0.6) is 0 Å². The maximum absolute atomic E-state index is 12.3. The van der Waals surface area contributed by atoms with E-state index in [1.165, 1.54) is 37.8 Å². The van der Waals surface area contributed by atoms with E-state index < -0.39 is 5.97 Å². The molecule has 4 unspecified atom stereocenters. The molecule has 112 valence electrons. The molecule has 2 aliphatic carbocycles. The molecule has 4 heteroatoms. The molecule has 0 spiro atoms. The second kappa shape index (κ2) is 5.51. The second-order valence-corrected chi connectivity index (χ2v) is 6.49. The van der Waals surface area contributed by atoms with Gasteiger partial charge >= 0.3 is 5.97 Å². The minimum absolute atomic E-state index is 0.148. The molecule has 0 aliphatic heterocycles. The molecule has 0 heterocycles. The number of carbonyl (C=O) groups is 2.